The number of nitrogens with zero attached hydrogens (tertiary/aromatic N) is 1. The number of aromatic amines is 1. The maximum atomic E-state index is 5.64. The first-order chi connectivity index (χ1) is 9.06. The second kappa shape index (κ2) is 5.75. The van der Waals surface area contributed by atoms with Crippen LogP contribution in [0.15, 0.2) is 16.9 Å². The van der Waals surface area contributed by atoms with E-state index >= 15 is 0 Å². The zero-order chi connectivity index (χ0) is 14.0. The number of aryl methyl sites for hydroxylation is 2. The summed E-state index contributed by atoms with van der Waals surface area (Å²) in [6, 6.07) is 4.18. The SMILES string of the molecule is COc1c(C)cc(-c2nc(Br)[nH]c2CCN)cc1C. The van der Waals surface area contributed by atoms with E-state index < -0.39 is 0 Å². The van der Waals surface area contributed by atoms with Crippen molar-refractivity contribution in [1.29, 1.82) is 0 Å². The zero-order valence-electron chi connectivity index (χ0n) is 11.4. The van der Waals surface area contributed by atoms with Crippen molar-refractivity contribution in [2.75, 3.05) is 13.7 Å². The third-order valence-electron chi connectivity index (χ3n) is 3.08. The molecule has 0 aliphatic heterocycles. The highest BCUT2D eigenvalue weighted by Gasteiger charge is 2.13. The van der Waals surface area contributed by atoms with Gasteiger partial charge in [-0.3, -0.25) is 0 Å². The van der Waals surface area contributed by atoms with E-state index in [1.54, 1.807) is 7.11 Å². The molecular weight excluding hydrogens is 306 g/mol. The van der Waals surface area contributed by atoms with Crippen LogP contribution < -0.4 is 10.5 Å². The molecule has 0 bridgehead atoms. The van der Waals surface area contributed by atoms with Crippen LogP contribution in [0.5, 0.6) is 5.75 Å². The van der Waals surface area contributed by atoms with Gasteiger partial charge in [0.2, 0.25) is 0 Å². The molecular formula is C14H18BrN3O. The lowest BCUT2D eigenvalue weighted by Gasteiger charge is -2.11. The second-order valence-corrected chi connectivity index (χ2v) is 5.29. The molecule has 0 saturated carbocycles. The highest BCUT2D eigenvalue weighted by Crippen LogP contribution is 2.31. The number of methoxy groups -OCH3 is 1. The fourth-order valence-corrected chi connectivity index (χ4v) is 2.77. The average Bonchev–Trinajstić information content (AvgIpc) is 2.70. The number of halogens is 1. The number of hydrogen-bond donors (Lipinski definition) is 2. The summed E-state index contributed by atoms with van der Waals surface area (Å²) >= 11 is 3.38. The molecule has 0 radical (unpaired) electrons. The van der Waals surface area contributed by atoms with Crippen molar-refractivity contribution >= 4 is 15.9 Å². The van der Waals surface area contributed by atoms with E-state index in [-0.39, 0.29) is 0 Å². The molecule has 0 unspecified atom stereocenters. The van der Waals surface area contributed by atoms with Gasteiger partial charge in [-0.25, -0.2) is 4.98 Å². The summed E-state index contributed by atoms with van der Waals surface area (Å²) in [5.74, 6) is 0.929. The third-order valence-corrected chi connectivity index (χ3v) is 3.46. The van der Waals surface area contributed by atoms with Crippen LogP contribution in [-0.4, -0.2) is 23.6 Å². The minimum absolute atomic E-state index is 0.593. The molecule has 2 rings (SSSR count). The molecule has 0 aliphatic rings. The Kier molecular flexibility index (Phi) is 4.27. The molecule has 1 aromatic heterocycles. The second-order valence-electron chi connectivity index (χ2n) is 4.54. The molecule has 0 atom stereocenters. The Morgan fingerprint density at radius 3 is 2.47 bits per heavy atom. The Morgan fingerprint density at radius 1 is 1.32 bits per heavy atom. The summed E-state index contributed by atoms with van der Waals surface area (Å²) in [6.45, 7) is 4.68. The number of benzene rings is 1. The van der Waals surface area contributed by atoms with Crippen molar-refractivity contribution in [2.45, 2.75) is 20.3 Å². The molecule has 3 N–H and O–H groups in total. The summed E-state index contributed by atoms with van der Waals surface area (Å²) in [4.78, 5) is 7.71. The van der Waals surface area contributed by atoms with Gasteiger partial charge in [-0.2, -0.15) is 0 Å². The molecule has 0 aliphatic carbocycles. The molecule has 4 nitrogen and oxygen atoms in total. The van der Waals surface area contributed by atoms with Crippen molar-refractivity contribution in [3.05, 3.63) is 33.7 Å². The fraction of sp³-hybridized carbons (Fsp3) is 0.357. The molecule has 0 spiro atoms. The van der Waals surface area contributed by atoms with Gasteiger partial charge in [0.1, 0.15) is 5.75 Å². The van der Waals surface area contributed by atoms with Crippen molar-refractivity contribution in [3.63, 3.8) is 0 Å². The summed E-state index contributed by atoms with van der Waals surface area (Å²) in [7, 11) is 1.69. The average molecular weight is 324 g/mol. The molecule has 0 fully saturated rings. The quantitative estimate of drug-likeness (QED) is 0.909. The van der Waals surface area contributed by atoms with Crippen LogP contribution in [0.2, 0.25) is 0 Å². The Bertz CT molecular complexity index is 569. The first kappa shape index (κ1) is 14.1. The Hall–Kier alpha value is -1.33. The lowest BCUT2D eigenvalue weighted by Crippen LogP contribution is -2.04. The number of nitrogens with one attached hydrogen (secondary N) is 1. The molecule has 1 heterocycles. The van der Waals surface area contributed by atoms with Crippen LogP contribution in [0.25, 0.3) is 11.3 Å². The molecule has 0 saturated heterocycles. The number of nitrogens with two attached hydrogens (primary N) is 1. The van der Waals surface area contributed by atoms with E-state index in [1.165, 1.54) is 0 Å². The molecule has 0 amide bonds. The highest BCUT2D eigenvalue weighted by molar-refractivity contribution is 9.10. The lowest BCUT2D eigenvalue weighted by molar-refractivity contribution is 0.408. The van der Waals surface area contributed by atoms with Gasteiger partial charge in [-0.1, -0.05) is 0 Å². The largest absolute Gasteiger partial charge is 0.496 e. The highest BCUT2D eigenvalue weighted by atomic mass is 79.9. The van der Waals surface area contributed by atoms with E-state index in [0.29, 0.717) is 6.54 Å². The molecule has 5 heteroatoms. The summed E-state index contributed by atoms with van der Waals surface area (Å²) < 4.78 is 6.13. The van der Waals surface area contributed by atoms with Crippen LogP contribution in [0.4, 0.5) is 0 Å². The van der Waals surface area contributed by atoms with Gasteiger partial charge in [0.15, 0.2) is 4.73 Å². The van der Waals surface area contributed by atoms with E-state index in [9.17, 15) is 0 Å². The van der Waals surface area contributed by atoms with Gasteiger partial charge in [0, 0.05) is 17.7 Å². The molecule has 102 valence electrons. The van der Waals surface area contributed by atoms with Crippen LogP contribution in [-0.2, 0) is 6.42 Å². The number of rotatable bonds is 4. The zero-order valence-corrected chi connectivity index (χ0v) is 13.0. The maximum absolute atomic E-state index is 5.64. The molecule has 2 aromatic rings. The van der Waals surface area contributed by atoms with Gasteiger partial charge in [-0.15, -0.1) is 0 Å². The van der Waals surface area contributed by atoms with Crippen LogP contribution >= 0.6 is 15.9 Å². The first-order valence-corrected chi connectivity index (χ1v) is 6.96. The maximum Gasteiger partial charge on any atom is 0.175 e. The minimum Gasteiger partial charge on any atom is -0.496 e. The number of H-pyrrole nitrogens is 1. The summed E-state index contributed by atoms with van der Waals surface area (Å²) in [6.07, 6.45) is 0.776. The van der Waals surface area contributed by atoms with Crippen molar-refractivity contribution in [3.8, 4) is 17.0 Å². The topological polar surface area (TPSA) is 63.9 Å². The molecule has 19 heavy (non-hydrogen) atoms. The van der Waals surface area contributed by atoms with Crippen molar-refractivity contribution in [2.24, 2.45) is 5.73 Å². The lowest BCUT2D eigenvalue weighted by atomic mass is 10.0. The van der Waals surface area contributed by atoms with Gasteiger partial charge >= 0.3 is 0 Å². The number of imidazole rings is 1. The van der Waals surface area contributed by atoms with Gasteiger partial charge in [0.25, 0.3) is 0 Å². The van der Waals surface area contributed by atoms with Gasteiger partial charge < -0.3 is 15.5 Å². The minimum atomic E-state index is 0.593. The van der Waals surface area contributed by atoms with Crippen molar-refractivity contribution < 1.29 is 4.74 Å². The normalized spacial score (nSPS) is 10.8. The molecule has 1 aromatic carbocycles. The number of aromatic nitrogens is 2. The summed E-state index contributed by atoms with van der Waals surface area (Å²) in [5.41, 5.74) is 10.9. The standard InChI is InChI=1S/C14H18BrN3O/c1-8-6-10(7-9(2)13(8)19-3)12-11(4-5-16)17-14(15)18-12/h6-7H,4-5,16H2,1-3H3,(H,17,18). The van der Waals surface area contributed by atoms with E-state index in [2.05, 4.69) is 38.0 Å². The predicted molar refractivity (Wildman–Crippen MR) is 80.5 cm³/mol. The number of ether oxygens (including phenoxy) is 1. The first-order valence-electron chi connectivity index (χ1n) is 6.17. The Morgan fingerprint density at radius 2 is 1.95 bits per heavy atom. The third kappa shape index (κ3) is 2.82. The smallest absolute Gasteiger partial charge is 0.175 e. The fourth-order valence-electron chi connectivity index (χ4n) is 2.35. The van der Waals surface area contributed by atoms with Crippen LogP contribution in [0, 0.1) is 13.8 Å². The van der Waals surface area contributed by atoms with Crippen molar-refractivity contribution in [1.82, 2.24) is 9.97 Å². The Labute approximate surface area is 121 Å². The number of hydrogen-bond acceptors (Lipinski definition) is 3. The van der Waals surface area contributed by atoms with E-state index in [4.69, 9.17) is 10.5 Å². The Balaban J connectivity index is 2.53. The monoisotopic (exact) mass is 323 g/mol. The summed E-state index contributed by atoms with van der Waals surface area (Å²) in [5, 5.41) is 0. The van der Waals surface area contributed by atoms with Gasteiger partial charge in [-0.05, 0) is 59.6 Å². The predicted octanol–water partition coefficient (Wildman–Crippen LogP) is 2.97. The van der Waals surface area contributed by atoms with E-state index in [0.717, 1.165) is 45.0 Å². The van der Waals surface area contributed by atoms with Gasteiger partial charge in [0.05, 0.1) is 12.8 Å². The van der Waals surface area contributed by atoms with Crippen LogP contribution in [0.3, 0.4) is 0 Å². The van der Waals surface area contributed by atoms with E-state index in [1.807, 2.05) is 13.8 Å². The van der Waals surface area contributed by atoms with Crippen LogP contribution in [0.1, 0.15) is 16.8 Å².